The van der Waals surface area contributed by atoms with E-state index < -0.39 is 23.6 Å². The van der Waals surface area contributed by atoms with Crippen molar-refractivity contribution in [2.24, 2.45) is 5.92 Å². The van der Waals surface area contributed by atoms with Crippen molar-refractivity contribution in [3.63, 3.8) is 0 Å². The van der Waals surface area contributed by atoms with Gasteiger partial charge in [-0.05, 0) is 258 Å². The smallest absolute Gasteiger partial charge is 0.266 e. The third kappa shape index (κ3) is 14.7. The number of hydrogen-bond donors (Lipinski definition) is 0. The van der Waals surface area contributed by atoms with Crippen molar-refractivity contribution in [1.29, 1.82) is 0 Å². The number of benzene rings is 17. The molecule has 0 fully saturated rings. The number of para-hydroxylation sites is 2. The van der Waals surface area contributed by atoms with E-state index >= 15 is 19.2 Å². The van der Waals surface area contributed by atoms with Gasteiger partial charge >= 0.3 is 0 Å². The lowest BCUT2D eigenvalue weighted by atomic mass is 9.81. The summed E-state index contributed by atoms with van der Waals surface area (Å²) < 4.78 is 29.5. The molecular weight excluding hydrogens is 1720 g/mol. The van der Waals surface area contributed by atoms with Gasteiger partial charge in [0.2, 0.25) is 0 Å². The van der Waals surface area contributed by atoms with Crippen molar-refractivity contribution in [2.45, 2.75) is 190 Å². The van der Waals surface area contributed by atoms with E-state index in [0.29, 0.717) is 118 Å². The third-order valence-corrected chi connectivity index (χ3v) is 29.2. The van der Waals surface area contributed by atoms with Crippen LogP contribution in [-0.4, -0.2) is 23.6 Å². The summed E-state index contributed by atoms with van der Waals surface area (Å²) >= 11 is 15.8. The molecular formula is C124H110Cl2N2O8. The molecule has 12 heteroatoms. The molecule has 10 nitrogen and oxygen atoms in total. The first kappa shape index (κ1) is 88.9. The van der Waals surface area contributed by atoms with Gasteiger partial charge in [-0.15, -0.1) is 0 Å². The summed E-state index contributed by atoms with van der Waals surface area (Å²) in [6.07, 6.45) is 11.7. The zero-order valence-electron chi connectivity index (χ0n) is 80.8. The highest BCUT2D eigenvalue weighted by Gasteiger charge is 2.44. The van der Waals surface area contributed by atoms with Gasteiger partial charge in [0, 0.05) is 70.2 Å². The van der Waals surface area contributed by atoms with E-state index in [1.807, 2.05) is 109 Å². The lowest BCUT2D eigenvalue weighted by Gasteiger charge is -2.33. The fourth-order valence-electron chi connectivity index (χ4n) is 21.4. The van der Waals surface area contributed by atoms with Crippen LogP contribution in [0.15, 0.2) is 259 Å². The van der Waals surface area contributed by atoms with Gasteiger partial charge in [-0.25, -0.2) is 9.80 Å². The minimum Gasteiger partial charge on any atom is -0.457 e. The van der Waals surface area contributed by atoms with E-state index in [0.717, 1.165) is 148 Å². The molecule has 2 bridgehead atoms. The van der Waals surface area contributed by atoms with E-state index in [4.69, 9.17) is 42.1 Å². The van der Waals surface area contributed by atoms with Crippen LogP contribution >= 0.6 is 23.2 Å². The number of ether oxygens (including phenoxy) is 4. The van der Waals surface area contributed by atoms with Crippen LogP contribution in [0.5, 0.6) is 46.0 Å². The second-order valence-corrected chi connectivity index (χ2v) is 43.8. The number of hydrogen-bond acceptors (Lipinski definition) is 8. The lowest BCUT2D eigenvalue weighted by Crippen LogP contribution is -2.42. The molecule has 2 aliphatic carbocycles. The number of carbonyl (C=O) groups excluding carboxylic acids is 4. The van der Waals surface area contributed by atoms with Gasteiger partial charge in [-0.3, -0.25) is 19.2 Å². The minimum atomic E-state index is -0.436. The standard InChI is InChI=1S/C124H110Cl2N2O8/c1-65(2)81-25-21-26-82(66(3)4)115(81)127-117(129)95-61-101(133-77-43-35-73(36-44-77)121(9,10)11)109-89-31-23-29-87-85(51-53-91(105(87)89)111-103(63-97(119(127)131)107(95)113(109)111)135-79-47-39-75(40-48-79)123(15,16)17)93-57-70-55-69(58-99(93)125)33-34-71-60-100(126)94(59-72(71)56-70)86-52-54-92-106-88(86)30-24-32-90(106)110-102(134-78-45-37-74(38-46-78)122(12,13)14)62-96-108-98(64-104(112(92)114(108)110)136-80-49-41-76(42-50-80)124(18,19)20)120(132)128(118(96)130)116-83(67(5)6)27-22-28-84(116)68(7)8/h21-54,56-69H,55H2,1-20H3/b34-33-,70-56-. The van der Waals surface area contributed by atoms with E-state index in [1.54, 1.807) is 0 Å². The van der Waals surface area contributed by atoms with Gasteiger partial charge in [0.05, 0.1) is 33.6 Å². The van der Waals surface area contributed by atoms with Gasteiger partial charge < -0.3 is 18.9 Å². The molecule has 2 aliphatic heterocycles. The van der Waals surface area contributed by atoms with Crippen LogP contribution in [-0.2, 0) is 21.7 Å². The topological polar surface area (TPSA) is 112 Å². The summed E-state index contributed by atoms with van der Waals surface area (Å²) in [7, 11) is 0. The Hall–Kier alpha value is -13.6. The maximum absolute atomic E-state index is 16.3. The Balaban J connectivity index is 0.760. The zero-order chi connectivity index (χ0) is 95.4. The van der Waals surface area contributed by atoms with Crippen molar-refractivity contribution in [2.75, 3.05) is 9.80 Å². The molecule has 0 radical (unpaired) electrons. The van der Waals surface area contributed by atoms with Crippen molar-refractivity contribution in [3.05, 3.63) is 348 Å². The van der Waals surface area contributed by atoms with Gasteiger partial charge in [0.15, 0.2) is 0 Å². The molecule has 0 N–H and O–H groups in total. The van der Waals surface area contributed by atoms with Crippen LogP contribution in [0.2, 0.25) is 5.02 Å². The normalized spacial score (nSPS) is 15.6. The molecule has 0 spiro atoms. The molecule has 678 valence electrons. The summed E-state index contributed by atoms with van der Waals surface area (Å²) in [4.78, 5) is 68.0. The molecule has 136 heavy (non-hydrogen) atoms. The predicted molar refractivity (Wildman–Crippen MR) is 565 cm³/mol. The molecule has 4 aliphatic rings. The van der Waals surface area contributed by atoms with Crippen molar-refractivity contribution in [1.82, 2.24) is 0 Å². The Bertz CT molecular complexity index is 7790. The number of imide groups is 2. The third-order valence-electron chi connectivity index (χ3n) is 28.5. The average molecular weight is 1830 g/mol. The van der Waals surface area contributed by atoms with Crippen LogP contribution < -0.4 is 28.7 Å². The largest absolute Gasteiger partial charge is 0.457 e. The number of anilines is 2. The number of carbonyl (C=O) groups is 4. The fraction of sp³-hybridized carbons (Fsp3) is 0.242. The molecule has 1 atom stereocenters. The maximum Gasteiger partial charge on any atom is 0.266 e. The molecule has 2 heterocycles. The van der Waals surface area contributed by atoms with E-state index in [1.165, 1.54) is 9.80 Å². The number of rotatable bonds is 16. The molecule has 21 rings (SSSR count). The van der Waals surface area contributed by atoms with Crippen molar-refractivity contribution >= 4 is 162 Å². The summed E-state index contributed by atoms with van der Waals surface area (Å²) in [5.41, 5.74) is 16.5. The van der Waals surface area contributed by atoms with Crippen LogP contribution in [0.25, 0.3) is 115 Å². The van der Waals surface area contributed by atoms with E-state index in [9.17, 15) is 0 Å². The minimum absolute atomic E-state index is 0.0316. The Morgan fingerprint density at radius 2 is 0.625 bits per heavy atom. The summed E-state index contributed by atoms with van der Waals surface area (Å²) in [5.74, 6) is 2.12. The van der Waals surface area contributed by atoms with Gasteiger partial charge in [-0.2, -0.15) is 0 Å². The number of nitrogens with zero attached hydrogens (tertiary/aromatic N) is 2. The fourth-order valence-corrected chi connectivity index (χ4v) is 22.0. The molecule has 4 amide bonds. The molecule has 1 unspecified atom stereocenters. The second kappa shape index (κ2) is 32.6. The van der Waals surface area contributed by atoms with Crippen LogP contribution in [0.1, 0.15) is 271 Å². The Morgan fingerprint density at radius 3 is 0.963 bits per heavy atom. The maximum atomic E-state index is 16.3. The second-order valence-electron chi connectivity index (χ2n) is 43.0. The number of allylic oxidation sites excluding steroid dienone is 6. The van der Waals surface area contributed by atoms with E-state index in [-0.39, 0.29) is 51.2 Å². The Kier molecular flexibility index (Phi) is 21.3. The highest BCUT2D eigenvalue weighted by molar-refractivity contribution is 6.47. The highest BCUT2D eigenvalue weighted by Crippen LogP contribution is 2.59. The molecule has 17 aromatic carbocycles. The molecule has 17 aromatic rings. The highest BCUT2D eigenvalue weighted by atomic mass is 35.5. The van der Waals surface area contributed by atoms with Crippen molar-refractivity contribution < 1.29 is 38.1 Å². The average Bonchev–Trinajstić information content (AvgIpc) is 0.740. The molecule has 0 saturated heterocycles. The summed E-state index contributed by atoms with van der Waals surface area (Å²) in [5, 5.41) is 13.5. The monoisotopic (exact) mass is 1820 g/mol. The molecule has 0 aromatic heterocycles. The number of amides is 4. The zero-order valence-corrected chi connectivity index (χ0v) is 82.3. The first-order chi connectivity index (χ1) is 64.7. The Morgan fingerprint density at radius 1 is 0.309 bits per heavy atom. The predicted octanol–water partition coefficient (Wildman–Crippen LogP) is 35.2. The van der Waals surface area contributed by atoms with Crippen LogP contribution in [0.3, 0.4) is 0 Å². The first-order valence-electron chi connectivity index (χ1n) is 47.7. The van der Waals surface area contributed by atoms with E-state index in [2.05, 4.69) is 290 Å². The Labute approximate surface area is 805 Å². The van der Waals surface area contributed by atoms with Crippen LogP contribution in [0, 0.1) is 5.92 Å². The van der Waals surface area contributed by atoms with Gasteiger partial charge in [0.1, 0.15) is 46.0 Å². The first-order valence-corrected chi connectivity index (χ1v) is 48.5. The SMILES string of the molecule is CC(C)c1cccc(C(C)C)c1N1C(=O)c2cc(Oc3ccc(C(C)(C)C)cc3)c3c4cccc5c(C6=C/C7=C\c8cc(-c9ccc%10c%11c(Oc%12ccc(C(C)(C)C)cc%12)cc%12c%13c(cc(Oc%14ccc(C(C)(C)C)cc%14)c(c%14cccc9c%14%10)c%13%11)C(=O)N(c9c(C(C)C)cccc9C(C)C)C%12=O)c(Cl)cc8/C=C\C(C=C6Cl)C7)ccc(c6c(Oc7ccc(C(C)(C)C)cc7)cc(c2c36)C1=O)c54. The van der Waals surface area contributed by atoms with Crippen LogP contribution in [0.4, 0.5) is 11.4 Å². The number of fused-ring (bicyclic) bond motifs is 7. The lowest BCUT2D eigenvalue weighted by molar-refractivity contribution is 0.0877. The summed E-state index contributed by atoms with van der Waals surface area (Å²) in [6.45, 7) is 43.1. The molecule has 0 saturated carbocycles. The quantitative estimate of drug-likeness (QED) is 0.0534. The van der Waals surface area contributed by atoms with Crippen molar-refractivity contribution in [3.8, 4) is 57.1 Å². The number of halogens is 2. The summed E-state index contributed by atoms with van der Waals surface area (Å²) in [6, 6.07) is 78.2. The van der Waals surface area contributed by atoms with Gasteiger partial charge in [-0.1, -0.05) is 332 Å². The van der Waals surface area contributed by atoms with Gasteiger partial charge in [0.25, 0.3) is 23.6 Å².